The first-order valence-electron chi connectivity index (χ1n) is 5.52. The van der Waals surface area contributed by atoms with Gasteiger partial charge in [-0.2, -0.15) is 4.31 Å². The number of thiocarbonyl (C=S) groups is 1. The van der Waals surface area contributed by atoms with E-state index in [0.717, 1.165) is 18.9 Å². The lowest BCUT2D eigenvalue weighted by Crippen LogP contribution is -2.28. The lowest BCUT2D eigenvalue weighted by atomic mass is 10.2. The van der Waals surface area contributed by atoms with E-state index in [1.807, 2.05) is 0 Å². The first-order valence-corrected chi connectivity index (χ1v) is 7.37. The fourth-order valence-electron chi connectivity index (χ4n) is 1.93. The van der Waals surface area contributed by atoms with Crippen molar-refractivity contribution in [3.8, 4) is 0 Å². The summed E-state index contributed by atoms with van der Waals surface area (Å²) in [5, 5.41) is 0. The van der Waals surface area contributed by atoms with Gasteiger partial charge in [-0.05, 0) is 31.0 Å². The number of halogens is 1. The van der Waals surface area contributed by atoms with Gasteiger partial charge in [0.1, 0.15) is 10.8 Å². The predicted octanol–water partition coefficient (Wildman–Crippen LogP) is 1.24. The zero-order valence-corrected chi connectivity index (χ0v) is 11.2. The maximum absolute atomic E-state index is 13.4. The van der Waals surface area contributed by atoms with Gasteiger partial charge in [-0.3, -0.25) is 0 Å². The zero-order valence-electron chi connectivity index (χ0n) is 9.60. The first kappa shape index (κ1) is 13.4. The molecule has 0 bridgehead atoms. The standard InChI is InChI=1S/C11H13FN2O2S2/c12-10-4-3-8(7-9(10)11(13)17)18(15,16)14-5-1-2-6-14/h3-4,7H,1-2,5-6H2,(H2,13,17). The molecule has 0 amide bonds. The zero-order chi connectivity index (χ0) is 13.3. The van der Waals surface area contributed by atoms with E-state index in [1.165, 1.54) is 16.4 Å². The van der Waals surface area contributed by atoms with Gasteiger partial charge in [-0.1, -0.05) is 12.2 Å². The largest absolute Gasteiger partial charge is 0.389 e. The van der Waals surface area contributed by atoms with Gasteiger partial charge >= 0.3 is 0 Å². The Hall–Kier alpha value is -1.05. The van der Waals surface area contributed by atoms with Crippen molar-refractivity contribution in [1.82, 2.24) is 4.31 Å². The summed E-state index contributed by atoms with van der Waals surface area (Å²) >= 11 is 4.70. The SMILES string of the molecule is NC(=S)c1cc(S(=O)(=O)N2CCCC2)ccc1F. The molecule has 0 atom stereocenters. The molecule has 0 radical (unpaired) electrons. The molecule has 0 aromatic heterocycles. The van der Waals surface area contributed by atoms with Gasteiger partial charge in [0.15, 0.2) is 0 Å². The van der Waals surface area contributed by atoms with Crippen molar-refractivity contribution in [3.05, 3.63) is 29.6 Å². The molecule has 1 aliphatic rings. The quantitative estimate of drug-likeness (QED) is 0.850. The van der Waals surface area contributed by atoms with Gasteiger partial charge in [-0.25, -0.2) is 12.8 Å². The van der Waals surface area contributed by atoms with Crippen LogP contribution in [0.5, 0.6) is 0 Å². The number of hydrogen-bond donors (Lipinski definition) is 1. The molecule has 1 aliphatic heterocycles. The van der Waals surface area contributed by atoms with Gasteiger partial charge < -0.3 is 5.73 Å². The molecule has 0 spiro atoms. The Balaban J connectivity index is 2.45. The van der Waals surface area contributed by atoms with Crippen LogP contribution in [-0.4, -0.2) is 30.8 Å². The maximum Gasteiger partial charge on any atom is 0.243 e. The van der Waals surface area contributed by atoms with E-state index in [0.29, 0.717) is 13.1 Å². The van der Waals surface area contributed by atoms with Gasteiger partial charge in [0, 0.05) is 18.7 Å². The van der Waals surface area contributed by atoms with Gasteiger partial charge in [0.2, 0.25) is 10.0 Å². The number of rotatable bonds is 3. The topological polar surface area (TPSA) is 63.4 Å². The first-order chi connectivity index (χ1) is 8.43. The van der Waals surface area contributed by atoms with E-state index in [1.54, 1.807) is 0 Å². The third kappa shape index (κ3) is 2.38. The summed E-state index contributed by atoms with van der Waals surface area (Å²) in [5.74, 6) is -0.608. The molecule has 0 aliphatic carbocycles. The summed E-state index contributed by atoms with van der Waals surface area (Å²) in [6.07, 6.45) is 1.70. The molecule has 1 aromatic rings. The minimum atomic E-state index is -3.56. The van der Waals surface area contributed by atoms with Crippen LogP contribution in [0.15, 0.2) is 23.1 Å². The van der Waals surface area contributed by atoms with E-state index >= 15 is 0 Å². The highest BCUT2D eigenvalue weighted by Crippen LogP contribution is 2.22. The highest BCUT2D eigenvalue weighted by Gasteiger charge is 2.27. The van der Waals surface area contributed by atoms with Crippen molar-refractivity contribution in [1.29, 1.82) is 0 Å². The lowest BCUT2D eigenvalue weighted by molar-refractivity contribution is 0.477. The van der Waals surface area contributed by atoms with E-state index < -0.39 is 15.8 Å². The number of hydrogen-bond acceptors (Lipinski definition) is 3. The molecule has 18 heavy (non-hydrogen) atoms. The maximum atomic E-state index is 13.4. The second kappa shape index (κ2) is 4.91. The minimum Gasteiger partial charge on any atom is -0.389 e. The Kier molecular flexibility index (Phi) is 3.65. The Morgan fingerprint density at radius 3 is 2.50 bits per heavy atom. The van der Waals surface area contributed by atoms with Crippen molar-refractivity contribution < 1.29 is 12.8 Å². The summed E-state index contributed by atoms with van der Waals surface area (Å²) in [6.45, 7) is 1.00. The third-order valence-electron chi connectivity index (χ3n) is 2.91. The van der Waals surface area contributed by atoms with Crippen LogP contribution in [0.4, 0.5) is 4.39 Å². The number of nitrogens with zero attached hydrogens (tertiary/aromatic N) is 1. The summed E-state index contributed by atoms with van der Waals surface area (Å²) in [5.41, 5.74) is 5.33. The van der Waals surface area contributed by atoms with Gasteiger partial charge in [0.05, 0.1) is 4.90 Å². The van der Waals surface area contributed by atoms with Crippen LogP contribution < -0.4 is 5.73 Å². The molecule has 4 nitrogen and oxygen atoms in total. The van der Waals surface area contributed by atoms with Crippen molar-refractivity contribution in [2.24, 2.45) is 5.73 Å². The second-order valence-electron chi connectivity index (χ2n) is 4.12. The number of nitrogens with two attached hydrogens (primary N) is 1. The number of sulfonamides is 1. The molecule has 1 aromatic carbocycles. The fraction of sp³-hybridized carbons (Fsp3) is 0.364. The van der Waals surface area contributed by atoms with Crippen molar-refractivity contribution in [2.45, 2.75) is 17.7 Å². The Morgan fingerprint density at radius 1 is 1.33 bits per heavy atom. The van der Waals surface area contributed by atoms with Crippen LogP contribution in [0.3, 0.4) is 0 Å². The van der Waals surface area contributed by atoms with Crippen LogP contribution in [0.2, 0.25) is 0 Å². The molecule has 1 heterocycles. The average Bonchev–Trinajstić information content (AvgIpc) is 2.82. The van der Waals surface area contributed by atoms with Crippen molar-refractivity contribution in [2.75, 3.05) is 13.1 Å². The summed E-state index contributed by atoms with van der Waals surface area (Å²) in [7, 11) is -3.56. The van der Waals surface area contributed by atoms with Crippen LogP contribution in [0.1, 0.15) is 18.4 Å². The van der Waals surface area contributed by atoms with E-state index in [9.17, 15) is 12.8 Å². The van der Waals surface area contributed by atoms with E-state index in [-0.39, 0.29) is 15.4 Å². The van der Waals surface area contributed by atoms with Gasteiger partial charge in [-0.15, -0.1) is 0 Å². The normalized spacial score (nSPS) is 16.9. The van der Waals surface area contributed by atoms with Crippen LogP contribution in [0, 0.1) is 5.82 Å². The second-order valence-corrected chi connectivity index (χ2v) is 6.49. The molecule has 0 unspecified atom stereocenters. The highest BCUT2D eigenvalue weighted by atomic mass is 32.2. The summed E-state index contributed by atoms with van der Waals surface area (Å²) in [4.78, 5) is -0.112. The average molecular weight is 288 g/mol. The predicted molar refractivity (Wildman–Crippen MR) is 70.3 cm³/mol. The molecule has 7 heteroatoms. The molecular weight excluding hydrogens is 275 g/mol. The van der Waals surface area contributed by atoms with Crippen molar-refractivity contribution in [3.63, 3.8) is 0 Å². The number of benzene rings is 1. The monoisotopic (exact) mass is 288 g/mol. The fourth-order valence-corrected chi connectivity index (χ4v) is 3.63. The Morgan fingerprint density at radius 2 is 1.94 bits per heavy atom. The third-order valence-corrected chi connectivity index (χ3v) is 5.02. The molecule has 2 N–H and O–H groups in total. The smallest absolute Gasteiger partial charge is 0.243 e. The Bertz CT molecular complexity index is 581. The molecule has 0 saturated carbocycles. The van der Waals surface area contributed by atoms with E-state index in [2.05, 4.69) is 0 Å². The van der Waals surface area contributed by atoms with Crippen LogP contribution >= 0.6 is 12.2 Å². The molecule has 98 valence electrons. The van der Waals surface area contributed by atoms with Crippen LogP contribution in [0.25, 0.3) is 0 Å². The molecule has 2 rings (SSSR count). The summed E-state index contributed by atoms with van der Waals surface area (Å²) < 4.78 is 39.3. The van der Waals surface area contributed by atoms with Crippen molar-refractivity contribution >= 4 is 27.2 Å². The molecular formula is C11H13FN2O2S2. The summed E-state index contributed by atoms with van der Waals surface area (Å²) in [6, 6.07) is 3.52. The van der Waals surface area contributed by atoms with Crippen LogP contribution in [-0.2, 0) is 10.0 Å². The highest BCUT2D eigenvalue weighted by molar-refractivity contribution is 7.89. The molecule has 1 fully saturated rings. The Labute approximate surface area is 111 Å². The lowest BCUT2D eigenvalue weighted by Gasteiger charge is -2.16. The van der Waals surface area contributed by atoms with Gasteiger partial charge in [0.25, 0.3) is 0 Å². The molecule has 1 saturated heterocycles. The van der Waals surface area contributed by atoms with E-state index in [4.69, 9.17) is 18.0 Å². The minimum absolute atomic E-state index is 0.0357.